The zero-order valence-electron chi connectivity index (χ0n) is 7.57. The van der Waals surface area contributed by atoms with Crippen LogP contribution in [0.1, 0.15) is 17.4 Å². The maximum absolute atomic E-state index is 11.1. The van der Waals surface area contributed by atoms with Crippen LogP contribution in [-0.4, -0.2) is 15.9 Å². The summed E-state index contributed by atoms with van der Waals surface area (Å²) in [5.41, 5.74) is 11.3. The normalized spacial score (nSPS) is 9.21. The van der Waals surface area contributed by atoms with Crippen LogP contribution in [0.3, 0.4) is 0 Å². The second-order valence-electron chi connectivity index (χ2n) is 2.57. The Morgan fingerprint density at radius 1 is 1.64 bits per heavy atom. The Labute approximate surface area is 86.7 Å². The Morgan fingerprint density at radius 2 is 2.36 bits per heavy atom. The zero-order chi connectivity index (χ0) is 10.6. The standard InChI is InChI=1S/C8H10N4OS/c1-5(13)7-6(3-2-4-10-7)11-12-8(9)14/h2-4,11H,1H3,(H3,9,12,14). The number of Topliss-reactive ketones (excluding diaryl/α,β-unsaturated/α-hetero) is 1. The fourth-order valence-electron chi connectivity index (χ4n) is 0.916. The Kier molecular flexibility index (Phi) is 3.35. The first-order valence-electron chi connectivity index (χ1n) is 3.88. The zero-order valence-corrected chi connectivity index (χ0v) is 8.39. The van der Waals surface area contributed by atoms with E-state index in [1.807, 2.05) is 0 Å². The molecule has 6 heteroatoms. The molecule has 1 aromatic rings. The molecule has 0 aliphatic rings. The van der Waals surface area contributed by atoms with E-state index in [2.05, 4.69) is 28.1 Å². The molecule has 0 saturated heterocycles. The van der Waals surface area contributed by atoms with Gasteiger partial charge in [0.2, 0.25) is 0 Å². The van der Waals surface area contributed by atoms with Gasteiger partial charge >= 0.3 is 0 Å². The van der Waals surface area contributed by atoms with Crippen LogP contribution in [0.2, 0.25) is 0 Å². The number of hydrazine groups is 1. The lowest BCUT2D eigenvalue weighted by Gasteiger charge is -2.09. The van der Waals surface area contributed by atoms with Gasteiger partial charge in [0.25, 0.3) is 0 Å². The highest BCUT2D eigenvalue weighted by Gasteiger charge is 2.06. The second kappa shape index (κ2) is 4.52. The molecule has 14 heavy (non-hydrogen) atoms. The molecule has 1 aromatic heterocycles. The predicted octanol–water partition coefficient (Wildman–Crippen LogP) is 0.444. The van der Waals surface area contributed by atoms with Gasteiger partial charge < -0.3 is 5.73 Å². The number of nitrogens with two attached hydrogens (primary N) is 1. The molecule has 0 amide bonds. The Hall–Kier alpha value is -1.69. The molecule has 0 spiro atoms. The number of carbonyl (C=O) groups excluding carboxylic acids is 1. The lowest BCUT2D eigenvalue weighted by atomic mass is 10.2. The van der Waals surface area contributed by atoms with Gasteiger partial charge in [-0.2, -0.15) is 0 Å². The van der Waals surface area contributed by atoms with E-state index in [9.17, 15) is 4.79 Å². The number of thiocarbonyl (C=S) groups is 1. The van der Waals surface area contributed by atoms with Crippen molar-refractivity contribution < 1.29 is 4.79 Å². The van der Waals surface area contributed by atoms with Crippen LogP contribution in [0.5, 0.6) is 0 Å². The molecule has 0 aliphatic heterocycles. The molecule has 0 aromatic carbocycles. The van der Waals surface area contributed by atoms with Crippen LogP contribution >= 0.6 is 12.2 Å². The number of nitrogens with one attached hydrogen (secondary N) is 2. The second-order valence-corrected chi connectivity index (χ2v) is 3.01. The third-order valence-corrected chi connectivity index (χ3v) is 1.56. The molecule has 74 valence electrons. The predicted molar refractivity (Wildman–Crippen MR) is 57.8 cm³/mol. The summed E-state index contributed by atoms with van der Waals surface area (Å²) in [6.45, 7) is 1.44. The quantitative estimate of drug-likeness (QED) is 0.382. The maximum Gasteiger partial charge on any atom is 0.182 e. The number of ketones is 1. The van der Waals surface area contributed by atoms with E-state index in [0.29, 0.717) is 11.4 Å². The van der Waals surface area contributed by atoms with Gasteiger partial charge in [-0.3, -0.25) is 20.6 Å². The van der Waals surface area contributed by atoms with E-state index in [4.69, 9.17) is 5.73 Å². The molecule has 0 fully saturated rings. The summed E-state index contributed by atoms with van der Waals surface area (Å²) in [5, 5.41) is 0.100. The number of nitrogens with zero attached hydrogens (tertiary/aromatic N) is 1. The topological polar surface area (TPSA) is 80.0 Å². The number of carbonyl (C=O) groups is 1. The summed E-state index contributed by atoms with van der Waals surface area (Å²) in [7, 11) is 0. The molecule has 1 heterocycles. The van der Waals surface area contributed by atoms with Crippen molar-refractivity contribution in [2.75, 3.05) is 5.43 Å². The first-order valence-corrected chi connectivity index (χ1v) is 4.29. The summed E-state index contributed by atoms with van der Waals surface area (Å²) in [6, 6.07) is 3.41. The van der Waals surface area contributed by atoms with Crippen molar-refractivity contribution in [3.8, 4) is 0 Å². The largest absolute Gasteiger partial charge is 0.375 e. The Bertz CT molecular complexity index is 366. The minimum absolute atomic E-state index is 0.100. The highest BCUT2D eigenvalue weighted by molar-refractivity contribution is 7.80. The van der Waals surface area contributed by atoms with Gasteiger partial charge in [0.1, 0.15) is 5.69 Å². The van der Waals surface area contributed by atoms with Crippen molar-refractivity contribution in [3.05, 3.63) is 24.0 Å². The highest BCUT2D eigenvalue weighted by atomic mass is 32.1. The third kappa shape index (κ3) is 2.67. The third-order valence-electron chi connectivity index (χ3n) is 1.46. The first kappa shape index (κ1) is 10.4. The molecule has 1 rings (SSSR count). The lowest BCUT2D eigenvalue weighted by Crippen LogP contribution is -2.34. The summed E-state index contributed by atoms with van der Waals surface area (Å²) >= 11 is 4.60. The van der Waals surface area contributed by atoms with Crippen LogP contribution in [0.4, 0.5) is 5.69 Å². The van der Waals surface area contributed by atoms with Gasteiger partial charge in [0.15, 0.2) is 10.9 Å². The van der Waals surface area contributed by atoms with Crippen molar-refractivity contribution in [2.45, 2.75) is 6.92 Å². The van der Waals surface area contributed by atoms with Crippen LogP contribution in [-0.2, 0) is 0 Å². The average Bonchev–Trinajstić information content (AvgIpc) is 2.15. The SMILES string of the molecule is CC(=O)c1ncccc1NNC(N)=S. The van der Waals surface area contributed by atoms with Crippen LogP contribution in [0, 0.1) is 0 Å². The number of anilines is 1. The number of rotatable bonds is 3. The van der Waals surface area contributed by atoms with Gasteiger partial charge in [0, 0.05) is 13.1 Å². The van der Waals surface area contributed by atoms with Gasteiger partial charge in [0.05, 0.1) is 5.69 Å². The summed E-state index contributed by atoms with van der Waals surface area (Å²) in [6.07, 6.45) is 1.54. The number of hydrogen-bond acceptors (Lipinski definition) is 4. The van der Waals surface area contributed by atoms with Gasteiger partial charge in [-0.15, -0.1) is 0 Å². The van der Waals surface area contributed by atoms with Crippen molar-refractivity contribution in [3.63, 3.8) is 0 Å². The van der Waals surface area contributed by atoms with Gasteiger partial charge in [-0.1, -0.05) is 0 Å². The van der Waals surface area contributed by atoms with Crippen molar-refractivity contribution in [1.82, 2.24) is 10.4 Å². The van der Waals surface area contributed by atoms with E-state index in [1.165, 1.54) is 6.92 Å². The molecule has 0 radical (unpaired) electrons. The monoisotopic (exact) mass is 210 g/mol. The average molecular weight is 210 g/mol. The van der Waals surface area contributed by atoms with Crippen molar-refractivity contribution >= 4 is 28.8 Å². The van der Waals surface area contributed by atoms with E-state index >= 15 is 0 Å². The van der Waals surface area contributed by atoms with Crippen molar-refractivity contribution in [1.29, 1.82) is 0 Å². The fourth-order valence-corrected chi connectivity index (χ4v) is 0.967. The molecule has 0 aliphatic carbocycles. The Balaban J connectivity index is 2.84. The summed E-state index contributed by atoms with van der Waals surface area (Å²) < 4.78 is 0. The minimum atomic E-state index is -0.127. The summed E-state index contributed by atoms with van der Waals surface area (Å²) in [5.74, 6) is -0.127. The van der Waals surface area contributed by atoms with E-state index in [0.717, 1.165) is 0 Å². The smallest absolute Gasteiger partial charge is 0.182 e. The van der Waals surface area contributed by atoms with Crippen LogP contribution in [0.15, 0.2) is 18.3 Å². The minimum Gasteiger partial charge on any atom is -0.375 e. The molecule has 0 atom stereocenters. The van der Waals surface area contributed by atoms with E-state index in [-0.39, 0.29) is 10.9 Å². The molecular formula is C8H10N4OS. The van der Waals surface area contributed by atoms with E-state index in [1.54, 1.807) is 18.3 Å². The number of pyridine rings is 1. The molecule has 4 N–H and O–H groups in total. The molecular weight excluding hydrogens is 200 g/mol. The van der Waals surface area contributed by atoms with E-state index < -0.39 is 0 Å². The van der Waals surface area contributed by atoms with Crippen LogP contribution in [0.25, 0.3) is 0 Å². The maximum atomic E-state index is 11.1. The number of aromatic nitrogens is 1. The fraction of sp³-hybridized carbons (Fsp3) is 0.125. The molecule has 0 bridgehead atoms. The summed E-state index contributed by atoms with van der Waals surface area (Å²) in [4.78, 5) is 15.0. The highest BCUT2D eigenvalue weighted by Crippen LogP contribution is 2.10. The van der Waals surface area contributed by atoms with Crippen molar-refractivity contribution in [2.24, 2.45) is 5.73 Å². The van der Waals surface area contributed by atoms with Crippen LogP contribution < -0.4 is 16.6 Å². The number of hydrogen-bond donors (Lipinski definition) is 3. The van der Waals surface area contributed by atoms with Gasteiger partial charge in [-0.05, 0) is 24.4 Å². The molecule has 0 saturated carbocycles. The molecule has 0 unspecified atom stereocenters. The first-order chi connectivity index (χ1) is 6.61. The Morgan fingerprint density at radius 3 is 2.93 bits per heavy atom. The van der Waals surface area contributed by atoms with Gasteiger partial charge in [-0.25, -0.2) is 0 Å². The lowest BCUT2D eigenvalue weighted by molar-refractivity contribution is 0.101. The molecule has 5 nitrogen and oxygen atoms in total.